The van der Waals surface area contributed by atoms with E-state index >= 15 is 0 Å². The molecule has 0 aromatic heterocycles. The minimum atomic E-state index is -2.40. The standard InChI is InChI=1S/C15H36NO3Si.BrH/c1-7-11-16(12-8-2,13-9-3)14-10-15-20(17-4,18-5)19-6;/h7-15H2,1-6H3;1H/q+1;/p-1. The maximum Gasteiger partial charge on any atom is 0.500 e. The predicted octanol–water partition coefficient (Wildman–Crippen LogP) is 0.305. The van der Waals surface area contributed by atoms with Crippen molar-refractivity contribution in [2.75, 3.05) is 47.5 Å². The molecule has 0 saturated carbocycles. The Morgan fingerprint density at radius 1 is 0.714 bits per heavy atom. The van der Waals surface area contributed by atoms with Crippen LogP contribution in [-0.4, -0.2) is 60.8 Å². The van der Waals surface area contributed by atoms with Crippen LogP contribution in [0.5, 0.6) is 0 Å². The van der Waals surface area contributed by atoms with Crippen molar-refractivity contribution in [2.45, 2.75) is 52.5 Å². The normalized spacial score (nSPS) is 12.3. The SMILES string of the molecule is CCC[N+](CCC)(CCC)CCC[Si](OC)(OC)OC.[Br-]. The third kappa shape index (κ3) is 8.09. The minimum absolute atomic E-state index is 0. The molecular formula is C15H36BrNO3Si. The van der Waals surface area contributed by atoms with Crippen LogP contribution >= 0.6 is 0 Å². The van der Waals surface area contributed by atoms with Crippen molar-refractivity contribution in [1.82, 2.24) is 0 Å². The molecule has 0 spiro atoms. The number of quaternary nitrogens is 1. The first-order valence-corrected chi connectivity index (χ1v) is 10.0. The second-order valence-corrected chi connectivity index (χ2v) is 8.73. The molecule has 0 saturated heterocycles. The van der Waals surface area contributed by atoms with Crippen LogP contribution in [0.2, 0.25) is 6.04 Å². The summed E-state index contributed by atoms with van der Waals surface area (Å²) in [6.07, 6.45) is 4.87. The van der Waals surface area contributed by atoms with Crippen molar-refractivity contribution < 1.29 is 34.7 Å². The van der Waals surface area contributed by atoms with E-state index in [0.29, 0.717) is 0 Å². The van der Waals surface area contributed by atoms with Gasteiger partial charge in [0, 0.05) is 33.8 Å². The summed E-state index contributed by atoms with van der Waals surface area (Å²) in [7, 11) is 2.70. The Balaban J connectivity index is 0. The van der Waals surface area contributed by atoms with E-state index in [1.54, 1.807) is 21.3 Å². The molecule has 0 radical (unpaired) electrons. The highest BCUT2D eigenvalue weighted by atomic mass is 79.9. The fourth-order valence-corrected chi connectivity index (χ4v) is 4.98. The lowest BCUT2D eigenvalue weighted by atomic mass is 10.2. The van der Waals surface area contributed by atoms with Gasteiger partial charge in [-0.2, -0.15) is 0 Å². The first kappa shape index (κ1) is 23.8. The van der Waals surface area contributed by atoms with Crippen LogP contribution in [0.3, 0.4) is 0 Å². The second kappa shape index (κ2) is 13.0. The molecule has 0 aromatic rings. The predicted molar refractivity (Wildman–Crippen MR) is 86.8 cm³/mol. The van der Waals surface area contributed by atoms with E-state index in [0.717, 1.165) is 12.5 Å². The molecule has 0 unspecified atom stereocenters. The molecule has 130 valence electrons. The van der Waals surface area contributed by atoms with Crippen molar-refractivity contribution in [3.05, 3.63) is 0 Å². The van der Waals surface area contributed by atoms with E-state index in [1.807, 2.05) is 0 Å². The van der Waals surface area contributed by atoms with Gasteiger partial charge >= 0.3 is 8.80 Å². The fraction of sp³-hybridized carbons (Fsp3) is 1.00. The number of hydrogen-bond donors (Lipinski definition) is 0. The fourth-order valence-electron chi connectivity index (χ4n) is 3.28. The zero-order valence-corrected chi connectivity index (χ0v) is 17.5. The quantitative estimate of drug-likeness (QED) is 0.337. The highest BCUT2D eigenvalue weighted by Gasteiger charge is 2.38. The van der Waals surface area contributed by atoms with Crippen LogP contribution in [0.1, 0.15) is 46.5 Å². The third-order valence-electron chi connectivity index (χ3n) is 4.14. The molecule has 0 rings (SSSR count). The van der Waals surface area contributed by atoms with Gasteiger partial charge in [-0.25, -0.2) is 0 Å². The van der Waals surface area contributed by atoms with E-state index < -0.39 is 8.80 Å². The highest BCUT2D eigenvalue weighted by Crippen LogP contribution is 2.19. The third-order valence-corrected chi connectivity index (χ3v) is 6.97. The van der Waals surface area contributed by atoms with E-state index in [1.165, 1.54) is 49.9 Å². The molecule has 0 fully saturated rings. The molecule has 0 aromatic carbocycles. The van der Waals surface area contributed by atoms with E-state index in [4.69, 9.17) is 13.3 Å². The average Bonchev–Trinajstić information content (AvgIpc) is 2.45. The molecule has 4 nitrogen and oxygen atoms in total. The summed E-state index contributed by atoms with van der Waals surface area (Å²) in [5.74, 6) is 0. The zero-order valence-electron chi connectivity index (χ0n) is 14.9. The van der Waals surface area contributed by atoms with Gasteiger partial charge in [0.2, 0.25) is 0 Å². The van der Waals surface area contributed by atoms with Gasteiger partial charge in [0.05, 0.1) is 26.2 Å². The highest BCUT2D eigenvalue weighted by molar-refractivity contribution is 6.60. The lowest BCUT2D eigenvalue weighted by Crippen LogP contribution is -3.00. The average molecular weight is 386 g/mol. The summed E-state index contributed by atoms with van der Waals surface area (Å²) in [6.45, 7) is 11.9. The van der Waals surface area contributed by atoms with E-state index in [2.05, 4.69) is 20.8 Å². The van der Waals surface area contributed by atoms with Crippen molar-refractivity contribution in [1.29, 1.82) is 0 Å². The van der Waals surface area contributed by atoms with Crippen molar-refractivity contribution >= 4 is 8.80 Å². The summed E-state index contributed by atoms with van der Waals surface area (Å²) in [5, 5.41) is 0. The van der Waals surface area contributed by atoms with Gasteiger partial charge in [0.1, 0.15) is 0 Å². The lowest BCUT2D eigenvalue weighted by Gasteiger charge is -2.39. The molecule has 0 N–H and O–H groups in total. The lowest BCUT2D eigenvalue weighted by molar-refractivity contribution is -0.928. The Morgan fingerprint density at radius 2 is 1.10 bits per heavy atom. The van der Waals surface area contributed by atoms with Gasteiger partial charge in [0.25, 0.3) is 0 Å². The largest absolute Gasteiger partial charge is 1.00 e. The molecule has 21 heavy (non-hydrogen) atoms. The summed E-state index contributed by atoms with van der Waals surface area (Å²) < 4.78 is 17.8. The number of rotatable bonds is 13. The maximum absolute atomic E-state index is 5.52. The van der Waals surface area contributed by atoms with Crippen molar-refractivity contribution in [3.63, 3.8) is 0 Å². The molecule has 0 heterocycles. The molecule has 0 atom stereocenters. The molecule has 0 aliphatic rings. The van der Waals surface area contributed by atoms with Gasteiger partial charge < -0.3 is 34.7 Å². The molecule has 0 aliphatic heterocycles. The van der Waals surface area contributed by atoms with Crippen molar-refractivity contribution in [2.24, 2.45) is 0 Å². The Labute approximate surface area is 143 Å². The van der Waals surface area contributed by atoms with Gasteiger partial charge in [-0.05, 0) is 19.3 Å². The molecule has 0 bridgehead atoms. The van der Waals surface area contributed by atoms with Gasteiger partial charge in [-0.1, -0.05) is 20.8 Å². The summed E-state index contributed by atoms with van der Waals surface area (Å²) in [6, 6.07) is 0.910. The summed E-state index contributed by atoms with van der Waals surface area (Å²) in [4.78, 5) is 0. The second-order valence-electron chi connectivity index (χ2n) is 5.64. The van der Waals surface area contributed by atoms with Crippen LogP contribution in [0.15, 0.2) is 0 Å². The van der Waals surface area contributed by atoms with Crippen LogP contribution in [-0.2, 0) is 13.3 Å². The van der Waals surface area contributed by atoms with Gasteiger partial charge in [-0.15, -0.1) is 0 Å². The number of nitrogens with zero attached hydrogens (tertiary/aromatic N) is 1. The van der Waals surface area contributed by atoms with Crippen LogP contribution in [0, 0.1) is 0 Å². The van der Waals surface area contributed by atoms with Crippen LogP contribution in [0.4, 0.5) is 0 Å². The van der Waals surface area contributed by atoms with Crippen LogP contribution in [0.25, 0.3) is 0 Å². The summed E-state index contributed by atoms with van der Waals surface area (Å²) >= 11 is 0. The molecule has 6 heteroatoms. The maximum atomic E-state index is 5.52. The Bertz CT molecular complexity index is 216. The molecule has 0 amide bonds. The first-order valence-electron chi connectivity index (χ1n) is 8.08. The molecular weight excluding hydrogens is 350 g/mol. The Morgan fingerprint density at radius 3 is 1.38 bits per heavy atom. The Hall–Kier alpha value is 0.537. The topological polar surface area (TPSA) is 27.7 Å². The smallest absolute Gasteiger partial charge is 0.500 e. The summed E-state index contributed by atoms with van der Waals surface area (Å²) in [5.41, 5.74) is 0. The number of halogens is 1. The monoisotopic (exact) mass is 385 g/mol. The Kier molecular flexibility index (Phi) is 14.8. The zero-order chi connectivity index (χ0) is 15.5. The van der Waals surface area contributed by atoms with Crippen molar-refractivity contribution in [3.8, 4) is 0 Å². The first-order chi connectivity index (χ1) is 9.57. The van der Waals surface area contributed by atoms with E-state index in [-0.39, 0.29) is 17.0 Å². The van der Waals surface area contributed by atoms with Gasteiger partial charge in [-0.3, -0.25) is 0 Å². The number of hydrogen-bond acceptors (Lipinski definition) is 3. The van der Waals surface area contributed by atoms with Gasteiger partial charge in [0.15, 0.2) is 0 Å². The van der Waals surface area contributed by atoms with Crippen LogP contribution < -0.4 is 17.0 Å². The molecule has 0 aliphatic carbocycles. The minimum Gasteiger partial charge on any atom is -1.00 e. The van der Waals surface area contributed by atoms with E-state index in [9.17, 15) is 0 Å².